The van der Waals surface area contributed by atoms with Crippen molar-refractivity contribution in [2.45, 2.75) is 6.92 Å². The number of amides is 1. The summed E-state index contributed by atoms with van der Waals surface area (Å²) in [5.74, 6) is -1.10. The fraction of sp³-hybridized carbons (Fsp3) is 0.364. The van der Waals surface area contributed by atoms with Gasteiger partial charge in [0.25, 0.3) is 5.91 Å². The second kappa shape index (κ2) is 5.95. The van der Waals surface area contributed by atoms with E-state index in [-0.39, 0.29) is 29.9 Å². The lowest BCUT2D eigenvalue weighted by molar-refractivity contribution is 0.0780. The lowest BCUT2D eigenvalue weighted by Crippen LogP contribution is -2.36. The highest BCUT2D eigenvalue weighted by atomic mass is 19.1. The molecule has 1 rings (SSSR count). The van der Waals surface area contributed by atoms with Crippen LogP contribution < -0.4 is 5.73 Å². The fourth-order valence-corrected chi connectivity index (χ4v) is 1.38. The highest BCUT2D eigenvalue weighted by molar-refractivity contribution is 5.92. The minimum Gasteiger partial charge on any atom is -0.409 e. The maximum absolute atomic E-state index is 12.7. The van der Waals surface area contributed by atoms with Crippen LogP contribution in [-0.2, 0) is 0 Å². The highest BCUT2D eigenvalue weighted by Gasteiger charge is 2.17. The van der Waals surface area contributed by atoms with Gasteiger partial charge in [-0.05, 0) is 12.1 Å². The van der Waals surface area contributed by atoms with Crippen molar-refractivity contribution >= 4 is 11.7 Å². The summed E-state index contributed by atoms with van der Waals surface area (Å²) < 4.78 is 12.7. The quantitative estimate of drug-likeness (QED) is 0.357. The van der Waals surface area contributed by atoms with Gasteiger partial charge in [0.15, 0.2) is 0 Å². The van der Waals surface area contributed by atoms with Gasteiger partial charge < -0.3 is 15.8 Å². The first-order valence-corrected chi connectivity index (χ1v) is 5.30. The van der Waals surface area contributed by atoms with E-state index in [1.165, 1.54) is 17.0 Å². The van der Waals surface area contributed by atoms with Crippen LogP contribution in [0.5, 0.6) is 0 Å². The van der Waals surface area contributed by atoms with Crippen molar-refractivity contribution < 1.29 is 14.4 Å². The second-order valence-electron chi connectivity index (χ2n) is 3.97. The molecule has 1 aromatic heterocycles. The summed E-state index contributed by atoms with van der Waals surface area (Å²) >= 11 is 0. The molecule has 0 fully saturated rings. The van der Waals surface area contributed by atoms with E-state index in [0.29, 0.717) is 0 Å². The van der Waals surface area contributed by atoms with Gasteiger partial charge in [-0.15, -0.1) is 0 Å². The molecule has 0 aliphatic carbocycles. The number of hydrogen-bond acceptors (Lipinski definition) is 4. The number of halogens is 1. The van der Waals surface area contributed by atoms with Gasteiger partial charge in [0.05, 0.1) is 6.20 Å². The maximum atomic E-state index is 12.7. The smallest absolute Gasteiger partial charge is 0.272 e. The maximum Gasteiger partial charge on any atom is 0.272 e. The molecule has 1 heterocycles. The Kier molecular flexibility index (Phi) is 4.59. The molecule has 6 nitrogen and oxygen atoms in total. The van der Waals surface area contributed by atoms with Gasteiger partial charge in [0.2, 0.25) is 0 Å². The number of rotatable bonds is 4. The number of amidine groups is 1. The van der Waals surface area contributed by atoms with E-state index < -0.39 is 5.82 Å². The molecule has 0 saturated carbocycles. The molecule has 0 aliphatic heterocycles. The third-order valence-electron chi connectivity index (χ3n) is 2.46. The lowest BCUT2D eigenvalue weighted by Gasteiger charge is -2.20. The van der Waals surface area contributed by atoms with Crippen molar-refractivity contribution in [3.05, 3.63) is 29.8 Å². The van der Waals surface area contributed by atoms with Gasteiger partial charge in [-0.3, -0.25) is 4.79 Å². The Morgan fingerprint density at radius 3 is 2.83 bits per heavy atom. The summed E-state index contributed by atoms with van der Waals surface area (Å²) in [5, 5.41) is 11.4. The molecule has 0 spiro atoms. The van der Waals surface area contributed by atoms with E-state index in [1.807, 2.05) is 0 Å². The van der Waals surface area contributed by atoms with Crippen LogP contribution in [-0.4, -0.2) is 40.4 Å². The molecule has 1 atom stereocenters. The summed E-state index contributed by atoms with van der Waals surface area (Å²) in [6.45, 7) is 1.99. The van der Waals surface area contributed by atoms with Crippen LogP contribution in [0.2, 0.25) is 0 Å². The van der Waals surface area contributed by atoms with Gasteiger partial charge in [-0.1, -0.05) is 12.1 Å². The molecule has 3 N–H and O–H groups in total. The fourth-order valence-electron chi connectivity index (χ4n) is 1.38. The van der Waals surface area contributed by atoms with E-state index in [1.54, 1.807) is 14.0 Å². The number of aromatic nitrogens is 1. The van der Waals surface area contributed by atoms with Crippen molar-refractivity contribution in [3.8, 4) is 0 Å². The third-order valence-corrected chi connectivity index (χ3v) is 2.46. The monoisotopic (exact) mass is 254 g/mol. The average molecular weight is 254 g/mol. The predicted octanol–water partition coefficient (Wildman–Crippen LogP) is 0.675. The summed E-state index contributed by atoms with van der Waals surface area (Å²) in [6, 6.07) is 2.48. The molecule has 98 valence electrons. The van der Waals surface area contributed by atoms with Crippen molar-refractivity contribution in [2.75, 3.05) is 13.6 Å². The van der Waals surface area contributed by atoms with Crippen LogP contribution in [0.15, 0.2) is 23.5 Å². The molecule has 0 aromatic carbocycles. The molecule has 18 heavy (non-hydrogen) atoms. The standard InChI is InChI=1S/C11H15FN4O2/c1-7(10(13)15-18)6-16(2)11(17)9-4-3-8(12)5-14-9/h3-5,7,18H,6H2,1-2H3,(H2,13,15). The molecular formula is C11H15FN4O2. The first kappa shape index (κ1) is 13.9. The zero-order valence-corrected chi connectivity index (χ0v) is 10.2. The van der Waals surface area contributed by atoms with Crippen LogP contribution >= 0.6 is 0 Å². The number of nitrogens with two attached hydrogens (primary N) is 1. The number of nitrogens with zero attached hydrogens (tertiary/aromatic N) is 3. The van der Waals surface area contributed by atoms with Gasteiger partial charge in [0.1, 0.15) is 17.3 Å². The van der Waals surface area contributed by atoms with Crippen molar-refractivity contribution in [1.82, 2.24) is 9.88 Å². The Labute approximate surface area is 104 Å². The molecule has 1 aromatic rings. The molecular weight excluding hydrogens is 239 g/mol. The first-order valence-electron chi connectivity index (χ1n) is 5.30. The summed E-state index contributed by atoms with van der Waals surface area (Å²) in [4.78, 5) is 17.0. The highest BCUT2D eigenvalue weighted by Crippen LogP contribution is 2.05. The first-order chi connectivity index (χ1) is 8.45. The van der Waals surface area contributed by atoms with E-state index >= 15 is 0 Å². The molecule has 1 amide bonds. The van der Waals surface area contributed by atoms with Crippen molar-refractivity contribution in [2.24, 2.45) is 16.8 Å². The SMILES string of the molecule is CC(CN(C)C(=O)c1ccc(F)cn1)/C(N)=N/O. The van der Waals surface area contributed by atoms with Gasteiger partial charge in [-0.2, -0.15) is 0 Å². The Morgan fingerprint density at radius 1 is 1.67 bits per heavy atom. The Morgan fingerprint density at radius 2 is 2.33 bits per heavy atom. The summed E-state index contributed by atoms with van der Waals surface area (Å²) in [6.07, 6.45) is 0.980. The van der Waals surface area contributed by atoms with Crippen LogP contribution in [0.1, 0.15) is 17.4 Å². The Balaban J connectivity index is 2.70. The number of pyridine rings is 1. The third kappa shape index (κ3) is 3.41. The van der Waals surface area contributed by atoms with Crippen molar-refractivity contribution in [3.63, 3.8) is 0 Å². The van der Waals surface area contributed by atoms with E-state index in [0.717, 1.165) is 6.20 Å². The van der Waals surface area contributed by atoms with Crippen LogP contribution in [0.4, 0.5) is 4.39 Å². The molecule has 1 unspecified atom stereocenters. The predicted molar refractivity (Wildman–Crippen MR) is 63.7 cm³/mol. The van der Waals surface area contributed by atoms with E-state index in [2.05, 4.69) is 10.1 Å². The Hall–Kier alpha value is -2.18. The molecule has 0 saturated heterocycles. The Bertz CT molecular complexity index is 447. The van der Waals surface area contributed by atoms with Crippen LogP contribution in [0, 0.1) is 11.7 Å². The summed E-state index contributed by atoms with van der Waals surface area (Å²) in [5.41, 5.74) is 5.56. The number of carbonyl (C=O) groups excluding carboxylic acids is 1. The topological polar surface area (TPSA) is 91.8 Å². The van der Waals surface area contributed by atoms with Crippen LogP contribution in [0.3, 0.4) is 0 Å². The largest absolute Gasteiger partial charge is 0.409 e. The molecule has 7 heteroatoms. The zero-order chi connectivity index (χ0) is 13.7. The normalized spacial score (nSPS) is 13.2. The number of hydrogen-bond donors (Lipinski definition) is 2. The van der Waals surface area contributed by atoms with Crippen molar-refractivity contribution in [1.29, 1.82) is 0 Å². The molecule has 0 radical (unpaired) electrons. The second-order valence-corrected chi connectivity index (χ2v) is 3.97. The zero-order valence-electron chi connectivity index (χ0n) is 10.2. The van der Waals surface area contributed by atoms with Gasteiger partial charge in [0, 0.05) is 19.5 Å². The molecule has 0 aliphatic rings. The van der Waals surface area contributed by atoms with Gasteiger partial charge in [-0.25, -0.2) is 9.37 Å². The number of oxime groups is 1. The average Bonchev–Trinajstić information content (AvgIpc) is 2.37. The van der Waals surface area contributed by atoms with E-state index in [4.69, 9.17) is 10.9 Å². The van der Waals surface area contributed by atoms with Crippen LogP contribution in [0.25, 0.3) is 0 Å². The number of carbonyl (C=O) groups is 1. The van der Waals surface area contributed by atoms with Gasteiger partial charge >= 0.3 is 0 Å². The minimum absolute atomic E-state index is 0.0433. The lowest BCUT2D eigenvalue weighted by atomic mass is 10.1. The van der Waals surface area contributed by atoms with E-state index in [9.17, 15) is 9.18 Å². The molecule has 0 bridgehead atoms. The summed E-state index contributed by atoms with van der Waals surface area (Å²) in [7, 11) is 1.56. The minimum atomic E-state index is -0.501.